The molecule has 0 spiro atoms. The average molecular weight is 1080 g/mol. The van der Waals surface area contributed by atoms with E-state index in [0.29, 0.717) is 72.0 Å². The van der Waals surface area contributed by atoms with Crippen molar-refractivity contribution in [3.05, 3.63) is 144 Å². The quantitative estimate of drug-likeness (QED) is 0.0337. The van der Waals surface area contributed by atoms with Crippen LogP contribution in [-0.2, 0) is 19.2 Å². The van der Waals surface area contributed by atoms with Crippen LogP contribution in [0.25, 0.3) is 90.9 Å². The number of carbonyl (C=O) groups excluding carboxylic acids is 4. The van der Waals surface area contributed by atoms with Crippen molar-refractivity contribution in [2.24, 2.45) is 0 Å². The van der Waals surface area contributed by atoms with Crippen molar-refractivity contribution in [2.75, 3.05) is 52.6 Å². The van der Waals surface area contributed by atoms with Gasteiger partial charge in [0, 0.05) is 70.5 Å². The van der Waals surface area contributed by atoms with Crippen LogP contribution in [-0.4, -0.2) is 96.2 Å². The molecule has 80 heavy (non-hydrogen) atoms. The summed E-state index contributed by atoms with van der Waals surface area (Å²) in [6.45, 7) is 9.85. The van der Waals surface area contributed by atoms with Crippen LogP contribution in [0.4, 0.5) is 0 Å². The number of carbonyl (C=O) groups is 4. The van der Waals surface area contributed by atoms with Gasteiger partial charge < -0.3 is 50.2 Å². The molecule has 410 valence electrons. The summed E-state index contributed by atoms with van der Waals surface area (Å²) >= 11 is 0. The molecule has 9 rings (SSSR count). The molecular weight excluding hydrogens is 1010 g/mol. The number of rotatable bonds is 24. The van der Waals surface area contributed by atoms with Crippen LogP contribution < -0.4 is 40.2 Å². The fraction of sp³-hybridized carbons (Fsp3) is 0.250. The minimum atomic E-state index is -0.191. The summed E-state index contributed by atoms with van der Waals surface area (Å²) in [6.07, 6.45) is 11.3. The molecule has 4 aromatic carbocycles. The molecule has 0 radical (unpaired) electrons. The standard InChI is InChI=1S/C64H66N8O8/c1-5-33-65-57(73)37-77-45-17-9-41(10-18-45)61-49-25-27-51(69-49)62(42-11-19-46(20-12-42)78-38-58(74)66-34-6-2)53-29-31-55(71-53)64(44-15-23-48(24-16-44)80-40-60(76)68-36-8-4)56-32-30-54(72-56)63(52-28-26-50(61)70-52)43-13-21-47(22-14-43)79-39-59(75)67-35-7-3/h9-32,69,72H,5-8,33-40H2,1-4H3,(H,65,73)(H,66,74)(H,67,75)(H,68,76). The second-order valence-electron chi connectivity index (χ2n) is 19.2. The molecule has 2 aliphatic rings. The Hall–Kier alpha value is -9.44. The van der Waals surface area contributed by atoms with E-state index in [-0.39, 0.29) is 50.1 Å². The smallest absolute Gasteiger partial charge is 0.257 e. The van der Waals surface area contributed by atoms with Crippen LogP contribution in [0, 0.1) is 0 Å². The average Bonchev–Trinajstić information content (AvgIpc) is 4.38. The van der Waals surface area contributed by atoms with Gasteiger partial charge in [0.15, 0.2) is 26.4 Å². The van der Waals surface area contributed by atoms with Crippen molar-refractivity contribution in [1.82, 2.24) is 41.2 Å². The molecule has 0 saturated carbocycles. The molecule has 4 amide bonds. The van der Waals surface area contributed by atoms with Gasteiger partial charge in [-0.15, -0.1) is 0 Å². The second-order valence-corrected chi connectivity index (χ2v) is 19.2. The predicted molar refractivity (Wildman–Crippen MR) is 316 cm³/mol. The Morgan fingerprint density at radius 2 is 0.550 bits per heavy atom. The zero-order valence-electron chi connectivity index (χ0n) is 45.5. The molecular formula is C64H66N8O8. The Morgan fingerprint density at radius 3 is 0.750 bits per heavy atom. The van der Waals surface area contributed by atoms with E-state index in [1.54, 1.807) is 0 Å². The van der Waals surface area contributed by atoms with Crippen molar-refractivity contribution in [2.45, 2.75) is 53.4 Å². The predicted octanol–water partition coefficient (Wildman–Crippen LogP) is 10.9. The molecule has 0 fully saturated rings. The molecule has 0 atom stereocenters. The highest BCUT2D eigenvalue weighted by Crippen LogP contribution is 2.39. The number of hydrogen-bond donors (Lipinski definition) is 6. The van der Waals surface area contributed by atoms with E-state index in [4.69, 9.17) is 28.9 Å². The van der Waals surface area contributed by atoms with Crippen molar-refractivity contribution in [1.29, 1.82) is 0 Å². The number of nitrogens with zero attached hydrogens (tertiary/aromatic N) is 2. The fourth-order valence-corrected chi connectivity index (χ4v) is 9.15. The van der Waals surface area contributed by atoms with Gasteiger partial charge in [0.25, 0.3) is 23.6 Å². The molecule has 16 nitrogen and oxygen atoms in total. The molecule has 6 N–H and O–H groups in total. The highest BCUT2D eigenvalue weighted by atomic mass is 16.5. The molecule has 0 saturated heterocycles. The van der Waals surface area contributed by atoms with E-state index in [1.165, 1.54) is 0 Å². The Balaban J connectivity index is 1.24. The first kappa shape index (κ1) is 55.3. The van der Waals surface area contributed by atoms with Crippen LogP contribution in [0.5, 0.6) is 23.0 Å². The maximum absolute atomic E-state index is 12.5. The Morgan fingerprint density at radius 1 is 0.338 bits per heavy atom. The highest BCUT2D eigenvalue weighted by molar-refractivity contribution is 6.00. The van der Waals surface area contributed by atoms with E-state index in [1.807, 2.05) is 173 Å². The Kier molecular flexibility index (Phi) is 18.5. The van der Waals surface area contributed by atoms with Gasteiger partial charge in [-0.1, -0.05) is 76.2 Å². The molecule has 2 aliphatic heterocycles. The summed E-state index contributed by atoms with van der Waals surface area (Å²) < 4.78 is 23.6. The van der Waals surface area contributed by atoms with Gasteiger partial charge in [0.2, 0.25) is 0 Å². The van der Waals surface area contributed by atoms with Gasteiger partial charge in [0.1, 0.15) is 23.0 Å². The monoisotopic (exact) mass is 1070 g/mol. The van der Waals surface area contributed by atoms with Crippen molar-refractivity contribution in [3.8, 4) is 67.5 Å². The number of aromatic amines is 2. The molecule has 16 heteroatoms. The van der Waals surface area contributed by atoms with E-state index in [9.17, 15) is 19.2 Å². The molecule has 5 heterocycles. The number of hydrogen-bond acceptors (Lipinski definition) is 10. The van der Waals surface area contributed by atoms with Gasteiger partial charge in [-0.3, -0.25) is 19.2 Å². The van der Waals surface area contributed by atoms with Crippen LogP contribution in [0.15, 0.2) is 121 Å². The maximum Gasteiger partial charge on any atom is 0.257 e. The number of nitrogens with one attached hydrogen (secondary N) is 6. The minimum absolute atomic E-state index is 0.108. The second kappa shape index (κ2) is 26.7. The number of amides is 4. The number of benzene rings is 4. The first-order chi connectivity index (χ1) is 39.1. The highest BCUT2D eigenvalue weighted by Gasteiger charge is 2.20. The lowest BCUT2D eigenvalue weighted by atomic mass is 10.0. The van der Waals surface area contributed by atoms with Gasteiger partial charge in [-0.2, -0.15) is 0 Å². The summed E-state index contributed by atoms with van der Waals surface area (Å²) in [4.78, 5) is 68.3. The van der Waals surface area contributed by atoms with Crippen molar-refractivity contribution in [3.63, 3.8) is 0 Å². The van der Waals surface area contributed by atoms with Crippen LogP contribution in [0.3, 0.4) is 0 Å². The topological polar surface area (TPSA) is 211 Å². The summed E-state index contributed by atoms with van der Waals surface area (Å²) in [5.74, 6) is 1.40. The van der Waals surface area contributed by atoms with Crippen molar-refractivity contribution < 1.29 is 38.1 Å². The molecule has 0 unspecified atom stereocenters. The third kappa shape index (κ3) is 13.8. The third-order valence-corrected chi connectivity index (χ3v) is 13.1. The lowest BCUT2D eigenvalue weighted by Crippen LogP contribution is -2.29. The zero-order valence-corrected chi connectivity index (χ0v) is 45.5. The molecule has 7 aromatic rings. The van der Waals surface area contributed by atoms with Gasteiger partial charge in [0.05, 0.1) is 22.8 Å². The molecule has 3 aromatic heterocycles. The lowest BCUT2D eigenvalue weighted by molar-refractivity contribution is -0.123. The number of aromatic nitrogens is 4. The van der Waals surface area contributed by atoms with Crippen LogP contribution >= 0.6 is 0 Å². The van der Waals surface area contributed by atoms with Crippen molar-refractivity contribution >= 4 is 70.0 Å². The third-order valence-electron chi connectivity index (χ3n) is 13.1. The summed E-state index contributed by atoms with van der Waals surface area (Å²) in [5, 5.41) is 11.4. The first-order valence-electron chi connectivity index (χ1n) is 27.3. The molecule has 8 bridgehead atoms. The Labute approximate surface area is 465 Å². The largest absolute Gasteiger partial charge is 0.484 e. The normalized spacial score (nSPS) is 11.4. The SMILES string of the molecule is CCCNC(=O)COc1ccc(-c2c3nc(c(-c4ccc(OCC(=O)NCCC)cc4)c4ccc([nH]4)c(-c4ccc(OCC(=O)NCCC)cc4)c4nc(c(-c5ccc(OCC(=O)NCCC)cc5)c5ccc2[nH]5)C=C4)C=C3)cc1. The number of ether oxygens (including phenoxy) is 4. The minimum Gasteiger partial charge on any atom is -0.484 e. The van der Waals surface area contributed by atoms with E-state index in [0.717, 1.165) is 92.3 Å². The summed E-state index contributed by atoms with van der Waals surface area (Å²) in [6, 6.07) is 38.6. The van der Waals surface area contributed by atoms with E-state index in [2.05, 4.69) is 31.2 Å². The zero-order chi connectivity index (χ0) is 55.8. The first-order valence-corrected chi connectivity index (χ1v) is 27.3. The Bertz CT molecular complexity index is 3100. The van der Waals surface area contributed by atoms with Crippen LogP contribution in [0.1, 0.15) is 76.2 Å². The van der Waals surface area contributed by atoms with Crippen LogP contribution in [0.2, 0.25) is 0 Å². The maximum atomic E-state index is 12.5. The van der Waals surface area contributed by atoms with Gasteiger partial charge in [-0.05, 0) is 145 Å². The van der Waals surface area contributed by atoms with E-state index < -0.39 is 0 Å². The van der Waals surface area contributed by atoms with Gasteiger partial charge >= 0.3 is 0 Å². The summed E-state index contributed by atoms with van der Waals surface area (Å²) in [7, 11) is 0. The summed E-state index contributed by atoms with van der Waals surface area (Å²) in [5.41, 5.74) is 12.5. The lowest BCUT2D eigenvalue weighted by Gasteiger charge is -2.10. The number of H-pyrrole nitrogens is 2. The molecule has 0 aliphatic carbocycles. The van der Waals surface area contributed by atoms with Gasteiger partial charge in [-0.25, -0.2) is 9.97 Å². The fourth-order valence-electron chi connectivity index (χ4n) is 9.15. The van der Waals surface area contributed by atoms with E-state index >= 15 is 0 Å². The number of fused-ring (bicyclic) bond motifs is 8.